The number of nitrogens with one attached hydrogen (secondary N) is 1. The summed E-state index contributed by atoms with van der Waals surface area (Å²) >= 11 is 0. The molecule has 2 rings (SSSR count). The summed E-state index contributed by atoms with van der Waals surface area (Å²) in [7, 11) is 0. The second kappa shape index (κ2) is 6.61. The molecule has 0 aromatic heterocycles. The lowest BCUT2D eigenvalue weighted by atomic mass is 10.1. The van der Waals surface area contributed by atoms with Crippen LogP contribution in [-0.4, -0.2) is 31.4 Å². The molecule has 0 aliphatic heterocycles. The van der Waals surface area contributed by atoms with Gasteiger partial charge in [0.25, 0.3) is 0 Å². The van der Waals surface area contributed by atoms with Gasteiger partial charge in [0.1, 0.15) is 0 Å². The van der Waals surface area contributed by atoms with Crippen molar-refractivity contribution in [3.8, 4) is 28.7 Å². The number of benzene rings is 2. The molecule has 0 spiro atoms. The van der Waals surface area contributed by atoms with Gasteiger partial charge in [0.15, 0.2) is 23.0 Å². The van der Waals surface area contributed by atoms with Gasteiger partial charge in [-0.25, -0.2) is 0 Å². The molecule has 0 atom stereocenters. The minimum absolute atomic E-state index is 0.0519. The molecule has 23 heavy (non-hydrogen) atoms. The van der Waals surface area contributed by atoms with Gasteiger partial charge in [-0.15, -0.1) is 0 Å². The minimum Gasteiger partial charge on any atom is -0.504 e. The largest absolute Gasteiger partial charge is 0.504 e. The van der Waals surface area contributed by atoms with E-state index in [0.29, 0.717) is 5.56 Å². The molecule has 0 fully saturated rings. The fraction of sp³-hybridized carbons (Fsp3) is 0.0625. The van der Waals surface area contributed by atoms with Crippen molar-refractivity contribution in [1.82, 2.24) is 5.32 Å². The third-order valence-corrected chi connectivity index (χ3v) is 3.09. The van der Waals surface area contributed by atoms with Gasteiger partial charge in [-0.05, 0) is 35.9 Å². The van der Waals surface area contributed by atoms with E-state index < -0.39 is 23.2 Å². The molecule has 0 bridgehead atoms. The molecule has 6 N–H and O–H groups in total. The summed E-state index contributed by atoms with van der Waals surface area (Å²) in [6.07, 6.45) is 2.64. The van der Waals surface area contributed by atoms with Crippen molar-refractivity contribution in [3.05, 3.63) is 47.5 Å². The zero-order valence-corrected chi connectivity index (χ0v) is 11.9. The van der Waals surface area contributed by atoms with E-state index in [0.717, 1.165) is 0 Å². The van der Waals surface area contributed by atoms with E-state index in [-0.39, 0.29) is 23.6 Å². The summed E-state index contributed by atoms with van der Waals surface area (Å²) in [6.45, 7) is -0.0519. The van der Waals surface area contributed by atoms with Crippen LogP contribution < -0.4 is 5.32 Å². The van der Waals surface area contributed by atoms with E-state index >= 15 is 0 Å². The quantitative estimate of drug-likeness (QED) is 0.375. The Labute approximate surface area is 131 Å². The zero-order chi connectivity index (χ0) is 17.0. The van der Waals surface area contributed by atoms with Gasteiger partial charge in [0, 0.05) is 18.2 Å². The number of phenolic OH excluding ortho intramolecular Hbond substituents is 5. The molecule has 7 heteroatoms. The third kappa shape index (κ3) is 3.85. The van der Waals surface area contributed by atoms with Crippen molar-refractivity contribution in [2.24, 2.45) is 0 Å². The highest BCUT2D eigenvalue weighted by Crippen LogP contribution is 2.36. The van der Waals surface area contributed by atoms with Gasteiger partial charge in [0.05, 0.1) is 0 Å². The Kier molecular flexibility index (Phi) is 4.61. The normalized spacial score (nSPS) is 10.8. The van der Waals surface area contributed by atoms with Gasteiger partial charge in [0.2, 0.25) is 11.7 Å². The molecule has 2 aromatic rings. The predicted octanol–water partition coefficient (Wildman–Crippen LogP) is 1.54. The van der Waals surface area contributed by atoms with Crippen LogP contribution >= 0.6 is 0 Å². The van der Waals surface area contributed by atoms with E-state index in [1.807, 2.05) is 0 Å². The number of amides is 1. The van der Waals surface area contributed by atoms with Crippen molar-refractivity contribution in [1.29, 1.82) is 0 Å². The maximum Gasteiger partial charge on any atom is 0.244 e. The molecule has 1 amide bonds. The number of hydrogen-bond acceptors (Lipinski definition) is 6. The van der Waals surface area contributed by atoms with Crippen LogP contribution in [0.15, 0.2) is 36.4 Å². The molecule has 0 aliphatic carbocycles. The number of phenols is 5. The van der Waals surface area contributed by atoms with E-state index in [9.17, 15) is 30.3 Å². The summed E-state index contributed by atoms with van der Waals surface area (Å²) in [5.74, 6) is -2.62. The molecule has 0 saturated heterocycles. The molecule has 0 saturated carbocycles. The lowest BCUT2D eigenvalue weighted by Gasteiger charge is -2.08. The Morgan fingerprint density at radius 2 is 1.61 bits per heavy atom. The number of carbonyl (C=O) groups excluding carboxylic acids is 1. The Morgan fingerprint density at radius 1 is 0.913 bits per heavy atom. The van der Waals surface area contributed by atoms with Crippen molar-refractivity contribution in [2.75, 3.05) is 0 Å². The molecule has 2 aromatic carbocycles. The average molecular weight is 317 g/mol. The molecule has 0 radical (unpaired) electrons. The molecule has 0 heterocycles. The van der Waals surface area contributed by atoms with Gasteiger partial charge in [-0.2, -0.15) is 0 Å². The Bertz CT molecular complexity index is 769. The first-order valence-corrected chi connectivity index (χ1v) is 6.59. The Hall–Kier alpha value is -3.35. The highest BCUT2D eigenvalue weighted by molar-refractivity contribution is 5.91. The Morgan fingerprint density at radius 3 is 2.30 bits per heavy atom. The summed E-state index contributed by atoms with van der Waals surface area (Å²) in [5.41, 5.74) is 0.755. The van der Waals surface area contributed by atoms with Crippen LogP contribution in [0, 0.1) is 0 Å². The zero-order valence-electron chi connectivity index (χ0n) is 11.9. The fourth-order valence-electron chi connectivity index (χ4n) is 1.81. The molecule has 0 unspecified atom stereocenters. The predicted molar refractivity (Wildman–Crippen MR) is 82.1 cm³/mol. The SMILES string of the molecule is O=C(/C=C/c1ccc(O)c(O)c1)NCc1ccc(O)c(O)c1O. The topological polar surface area (TPSA) is 130 Å². The third-order valence-electron chi connectivity index (χ3n) is 3.09. The van der Waals surface area contributed by atoms with Crippen molar-refractivity contribution in [3.63, 3.8) is 0 Å². The maximum absolute atomic E-state index is 11.7. The first-order valence-electron chi connectivity index (χ1n) is 6.59. The molecular weight excluding hydrogens is 302 g/mol. The number of rotatable bonds is 4. The van der Waals surface area contributed by atoms with Gasteiger partial charge in [-0.1, -0.05) is 6.07 Å². The summed E-state index contributed by atoms with van der Waals surface area (Å²) in [4.78, 5) is 11.7. The van der Waals surface area contributed by atoms with Crippen LogP contribution in [0.4, 0.5) is 0 Å². The lowest BCUT2D eigenvalue weighted by molar-refractivity contribution is -0.116. The van der Waals surface area contributed by atoms with Gasteiger partial charge >= 0.3 is 0 Å². The summed E-state index contributed by atoms with van der Waals surface area (Å²) < 4.78 is 0. The second-order valence-corrected chi connectivity index (χ2v) is 4.74. The Balaban J connectivity index is 1.99. The minimum atomic E-state index is -0.646. The van der Waals surface area contributed by atoms with E-state index in [1.165, 1.54) is 42.5 Å². The van der Waals surface area contributed by atoms with Crippen LogP contribution in [0.3, 0.4) is 0 Å². The number of aromatic hydroxyl groups is 5. The molecule has 0 aliphatic rings. The fourth-order valence-corrected chi connectivity index (χ4v) is 1.81. The van der Waals surface area contributed by atoms with E-state index in [1.54, 1.807) is 0 Å². The maximum atomic E-state index is 11.7. The first kappa shape index (κ1) is 16.0. The highest BCUT2D eigenvalue weighted by atomic mass is 16.3. The van der Waals surface area contributed by atoms with Crippen molar-refractivity contribution in [2.45, 2.75) is 6.54 Å². The van der Waals surface area contributed by atoms with Crippen LogP contribution in [0.2, 0.25) is 0 Å². The smallest absolute Gasteiger partial charge is 0.244 e. The average Bonchev–Trinajstić information content (AvgIpc) is 2.53. The van der Waals surface area contributed by atoms with Crippen LogP contribution in [-0.2, 0) is 11.3 Å². The first-order chi connectivity index (χ1) is 10.9. The van der Waals surface area contributed by atoms with E-state index in [2.05, 4.69) is 5.32 Å². The van der Waals surface area contributed by atoms with E-state index in [4.69, 9.17) is 0 Å². The molecule has 120 valence electrons. The van der Waals surface area contributed by atoms with Crippen LogP contribution in [0.5, 0.6) is 28.7 Å². The second-order valence-electron chi connectivity index (χ2n) is 4.74. The van der Waals surface area contributed by atoms with Gasteiger partial charge in [-0.3, -0.25) is 4.79 Å². The molecule has 7 nitrogen and oxygen atoms in total. The summed E-state index contributed by atoms with van der Waals surface area (Å²) in [5, 5.41) is 49.2. The monoisotopic (exact) mass is 317 g/mol. The van der Waals surface area contributed by atoms with Crippen molar-refractivity contribution >= 4 is 12.0 Å². The number of hydrogen-bond donors (Lipinski definition) is 6. The molecular formula is C16H15NO6. The standard InChI is InChI=1S/C16H15NO6/c18-11-4-1-9(7-13(11)20)2-6-14(21)17-8-10-3-5-12(19)16(23)15(10)22/h1-7,18-20,22-23H,8H2,(H,17,21)/b6-2+. The summed E-state index contributed by atoms with van der Waals surface area (Å²) in [6, 6.07) is 6.67. The van der Waals surface area contributed by atoms with Gasteiger partial charge < -0.3 is 30.8 Å². The van der Waals surface area contributed by atoms with Crippen LogP contribution in [0.25, 0.3) is 6.08 Å². The highest BCUT2D eigenvalue weighted by Gasteiger charge is 2.11. The number of carbonyl (C=O) groups is 1. The lowest BCUT2D eigenvalue weighted by Crippen LogP contribution is -2.20. The van der Waals surface area contributed by atoms with Crippen LogP contribution in [0.1, 0.15) is 11.1 Å². The van der Waals surface area contributed by atoms with Crippen molar-refractivity contribution < 1.29 is 30.3 Å².